The van der Waals surface area contributed by atoms with Gasteiger partial charge in [0, 0.05) is 5.92 Å². The average Bonchev–Trinajstić information content (AvgIpc) is 3.14. The maximum atomic E-state index is 10.8. The normalized spacial score (nSPS) is 18.6. The van der Waals surface area contributed by atoms with Crippen LogP contribution < -0.4 is 0 Å². The van der Waals surface area contributed by atoms with Crippen LogP contribution in [0.25, 0.3) is 0 Å². The second kappa shape index (κ2) is 8.88. The minimum Gasteiger partial charge on any atom is -0.456 e. The van der Waals surface area contributed by atoms with Crippen LogP contribution in [0.15, 0.2) is 16.5 Å². The molecule has 2 fully saturated rings. The molecule has 2 saturated carbocycles. The number of carbonyl (C=O) groups is 1. The van der Waals surface area contributed by atoms with E-state index >= 15 is 0 Å². The van der Waals surface area contributed by atoms with Crippen molar-refractivity contribution >= 4 is 17.7 Å². The van der Waals surface area contributed by atoms with E-state index in [1.165, 1.54) is 0 Å². The summed E-state index contributed by atoms with van der Waals surface area (Å²) in [5.41, 5.74) is 0. The Morgan fingerprint density at radius 1 is 0.895 bits per heavy atom. The molecule has 4 heteroatoms. The fourth-order valence-electron chi connectivity index (χ4n) is 1.47. The van der Waals surface area contributed by atoms with Gasteiger partial charge in [0.2, 0.25) is 0 Å². The summed E-state index contributed by atoms with van der Waals surface area (Å²) in [5, 5.41) is -0.349. The smallest absolute Gasteiger partial charge is 0.456 e. The van der Waals surface area contributed by atoms with E-state index in [1.807, 2.05) is 57.8 Å². The van der Waals surface area contributed by atoms with Gasteiger partial charge < -0.3 is 4.42 Å². The molecule has 2 aliphatic carbocycles. The number of carbonyl (C=O) groups excluding carboxylic acids is 1. The SMILES string of the molecule is O=C(S)c1ccc([C]2[CH][CH][CH][CH]2)o1.[CH]1[CH][CH][CH][CH]1.[Fe+2]. The Labute approximate surface area is 131 Å². The Balaban J connectivity index is 0.000000256. The first kappa shape index (κ1) is 16.9. The predicted octanol–water partition coefficient (Wildman–Crippen LogP) is 3.12. The second-order valence-corrected chi connectivity index (χ2v) is 4.01. The Hall–Kier alpha value is -0.181. The van der Waals surface area contributed by atoms with Crippen molar-refractivity contribution in [3.63, 3.8) is 0 Å². The molecule has 0 aromatic carbocycles. The van der Waals surface area contributed by atoms with E-state index < -0.39 is 0 Å². The molecule has 1 heterocycles. The molecule has 3 rings (SSSR count). The quantitative estimate of drug-likeness (QED) is 0.672. The van der Waals surface area contributed by atoms with Gasteiger partial charge >= 0.3 is 17.1 Å². The maximum absolute atomic E-state index is 10.8. The predicted molar refractivity (Wildman–Crippen MR) is 73.1 cm³/mol. The van der Waals surface area contributed by atoms with Crippen LogP contribution in [0.2, 0.25) is 0 Å². The zero-order valence-corrected chi connectivity index (χ0v) is 12.0. The van der Waals surface area contributed by atoms with Crippen LogP contribution in [-0.2, 0) is 17.1 Å². The molecule has 2 nitrogen and oxygen atoms in total. The molecule has 0 N–H and O–H groups in total. The molecule has 10 radical (unpaired) electrons. The second-order valence-electron chi connectivity index (χ2n) is 3.60. The van der Waals surface area contributed by atoms with Crippen molar-refractivity contribution in [1.82, 2.24) is 0 Å². The fourth-order valence-corrected chi connectivity index (χ4v) is 1.59. The van der Waals surface area contributed by atoms with Gasteiger partial charge in [-0.05, 0) is 69.9 Å². The molecule has 0 saturated heterocycles. The van der Waals surface area contributed by atoms with Gasteiger partial charge in [0.15, 0.2) is 5.76 Å². The van der Waals surface area contributed by atoms with Crippen molar-refractivity contribution < 1.29 is 26.3 Å². The fraction of sp³-hybridized carbons (Fsp3) is 0. The van der Waals surface area contributed by atoms with Gasteiger partial charge in [0.25, 0.3) is 5.12 Å². The Bertz CT molecular complexity index is 372. The molecule has 19 heavy (non-hydrogen) atoms. The Kier molecular flexibility index (Phi) is 7.89. The van der Waals surface area contributed by atoms with Crippen LogP contribution in [0.5, 0.6) is 0 Å². The van der Waals surface area contributed by atoms with Crippen molar-refractivity contribution in [1.29, 1.82) is 0 Å². The van der Waals surface area contributed by atoms with Crippen LogP contribution in [0.3, 0.4) is 0 Å². The van der Waals surface area contributed by atoms with Crippen molar-refractivity contribution in [2.75, 3.05) is 0 Å². The molecule has 0 amide bonds. The summed E-state index contributed by atoms with van der Waals surface area (Å²) < 4.78 is 5.26. The van der Waals surface area contributed by atoms with Crippen molar-refractivity contribution in [3.8, 4) is 0 Å². The van der Waals surface area contributed by atoms with Crippen LogP contribution in [0.4, 0.5) is 0 Å². The molecule has 0 atom stereocenters. The third-order valence-corrected chi connectivity index (χ3v) is 2.54. The van der Waals surface area contributed by atoms with E-state index in [1.54, 1.807) is 12.1 Å². The Morgan fingerprint density at radius 2 is 1.42 bits per heavy atom. The van der Waals surface area contributed by atoms with Crippen LogP contribution in [0, 0.1) is 63.7 Å². The van der Waals surface area contributed by atoms with E-state index in [0.29, 0.717) is 5.76 Å². The van der Waals surface area contributed by atoms with Gasteiger partial charge in [0.05, 0.1) is 0 Å². The van der Waals surface area contributed by atoms with Gasteiger partial charge in [-0.3, -0.25) is 4.79 Å². The van der Waals surface area contributed by atoms with E-state index in [9.17, 15) is 4.79 Å². The number of thiol groups is 1. The molecule has 96 valence electrons. The number of rotatable bonds is 2. The molecular formula is C15H12FeO2S+2. The van der Waals surface area contributed by atoms with E-state index in [2.05, 4.69) is 12.6 Å². The molecule has 0 bridgehead atoms. The monoisotopic (exact) mass is 312 g/mol. The summed E-state index contributed by atoms with van der Waals surface area (Å²) in [6, 6.07) is 3.39. The van der Waals surface area contributed by atoms with Gasteiger partial charge in [0.1, 0.15) is 5.76 Å². The molecule has 0 aliphatic heterocycles. The summed E-state index contributed by atoms with van der Waals surface area (Å²) in [4.78, 5) is 10.8. The van der Waals surface area contributed by atoms with E-state index in [-0.39, 0.29) is 27.9 Å². The molecule has 0 unspecified atom stereocenters. The minimum absolute atomic E-state index is 0. The van der Waals surface area contributed by atoms with Crippen molar-refractivity contribution in [3.05, 3.63) is 87.4 Å². The van der Waals surface area contributed by atoms with Crippen LogP contribution in [0.1, 0.15) is 16.3 Å². The van der Waals surface area contributed by atoms with Crippen LogP contribution in [-0.4, -0.2) is 5.12 Å². The molecule has 2 aliphatic rings. The molecule has 1 aromatic rings. The van der Waals surface area contributed by atoms with E-state index in [0.717, 1.165) is 5.92 Å². The van der Waals surface area contributed by atoms with Gasteiger partial charge in [-0.2, -0.15) is 0 Å². The summed E-state index contributed by atoms with van der Waals surface area (Å²) >= 11 is 3.67. The minimum atomic E-state index is -0.349. The molecule has 1 aromatic heterocycles. The van der Waals surface area contributed by atoms with Gasteiger partial charge in [-0.15, -0.1) is 0 Å². The third kappa shape index (κ3) is 5.37. The van der Waals surface area contributed by atoms with Gasteiger partial charge in [-0.1, -0.05) is 12.6 Å². The average molecular weight is 312 g/mol. The summed E-state index contributed by atoms with van der Waals surface area (Å²) in [5.74, 6) is 1.95. The number of furan rings is 1. The van der Waals surface area contributed by atoms with Crippen molar-refractivity contribution in [2.24, 2.45) is 0 Å². The zero-order chi connectivity index (χ0) is 12.8. The standard InChI is InChI=1S/C10H7O2S.C5H5.Fe/c11-10(13)9-6-5-8(12-9)7-3-1-2-4-7;1-2-4-5-3-1;/h1-6H,(H,11,13);1-5H;/q;;+2. The van der Waals surface area contributed by atoms with Gasteiger partial charge in [-0.25, -0.2) is 0 Å². The summed E-state index contributed by atoms with van der Waals surface area (Å²) in [7, 11) is 0. The number of hydrogen-bond donors (Lipinski definition) is 1. The first-order valence-corrected chi connectivity index (χ1v) is 5.94. The number of hydrogen-bond acceptors (Lipinski definition) is 2. The van der Waals surface area contributed by atoms with Crippen molar-refractivity contribution in [2.45, 2.75) is 0 Å². The third-order valence-electron chi connectivity index (χ3n) is 2.32. The largest absolute Gasteiger partial charge is 2.00 e. The maximum Gasteiger partial charge on any atom is 2.00 e. The summed E-state index contributed by atoms with van der Waals surface area (Å²) in [6.45, 7) is 0. The summed E-state index contributed by atoms with van der Waals surface area (Å²) in [6.07, 6.45) is 17.7. The first-order valence-electron chi connectivity index (χ1n) is 5.49. The van der Waals surface area contributed by atoms with Crippen LogP contribution >= 0.6 is 12.6 Å². The zero-order valence-electron chi connectivity index (χ0n) is 9.97. The first-order chi connectivity index (χ1) is 8.77. The molecule has 0 spiro atoms. The Morgan fingerprint density at radius 3 is 1.84 bits per heavy atom. The van der Waals surface area contributed by atoms with E-state index in [4.69, 9.17) is 4.42 Å². The topological polar surface area (TPSA) is 30.2 Å². The molecular weight excluding hydrogens is 300 g/mol.